The fraction of sp³-hybridized carbons (Fsp3) is 0.630. The van der Waals surface area contributed by atoms with Gasteiger partial charge in [-0.1, -0.05) is 19.2 Å². The molecule has 0 amide bonds. The Morgan fingerprint density at radius 1 is 0.795 bits per heavy atom. The van der Waals surface area contributed by atoms with Gasteiger partial charge in [0.05, 0.1) is 50.2 Å². The molecule has 4 aliphatic rings. The highest BCUT2D eigenvalue weighted by molar-refractivity contribution is 7.98. The molecule has 17 heteroatoms. The monoisotopic (exact) mass is 630 g/mol. The van der Waals surface area contributed by atoms with Crippen LogP contribution in [0.3, 0.4) is 0 Å². The minimum Gasteiger partial charge on any atom is -0.396 e. The van der Waals surface area contributed by atoms with Crippen molar-refractivity contribution in [3.63, 3.8) is 0 Å². The first-order chi connectivity index (χ1) is 20.5. The predicted octanol–water partition coefficient (Wildman–Crippen LogP) is -0.966. The van der Waals surface area contributed by atoms with Crippen LogP contribution in [0.5, 0.6) is 0 Å². The van der Waals surface area contributed by atoms with E-state index in [1.807, 2.05) is 6.26 Å². The molecule has 0 unspecified atom stereocenters. The number of anilines is 2. The van der Waals surface area contributed by atoms with Crippen LogP contribution in [0.25, 0.3) is 22.3 Å². The van der Waals surface area contributed by atoms with Crippen LogP contribution in [0.1, 0.15) is 38.2 Å². The molecule has 44 heavy (non-hydrogen) atoms. The number of hydrogen-bond donors (Lipinski definition) is 8. The Morgan fingerprint density at radius 3 is 1.68 bits per heavy atom. The second-order valence-electron chi connectivity index (χ2n) is 12.2. The van der Waals surface area contributed by atoms with Crippen LogP contribution in [-0.2, 0) is 0 Å². The molecule has 0 spiro atoms. The first-order valence-electron chi connectivity index (χ1n) is 14.0. The maximum absolute atomic E-state index is 10.4. The van der Waals surface area contributed by atoms with Gasteiger partial charge in [0.15, 0.2) is 28.1 Å². The van der Waals surface area contributed by atoms with Crippen LogP contribution < -0.4 is 11.5 Å². The SMILES string of the molecule is C.CSc1nc(N)c2ncn([C@H]3[C@H](O)[C@H](O)[C@]4(CO)C[C@H]34)c2n1.Cc1nc(N)c2ncn([C@H]3[C@H](O)[C@H](O)[C@]4(CO)C[C@H]34)c2n1. The fourth-order valence-corrected chi connectivity index (χ4v) is 7.96. The summed E-state index contributed by atoms with van der Waals surface area (Å²) in [5, 5.41) is 60.8. The minimum absolute atomic E-state index is 0. The van der Waals surface area contributed by atoms with Crippen LogP contribution in [0, 0.1) is 29.6 Å². The van der Waals surface area contributed by atoms with E-state index >= 15 is 0 Å². The van der Waals surface area contributed by atoms with Crippen molar-refractivity contribution >= 4 is 45.7 Å². The van der Waals surface area contributed by atoms with Crippen LogP contribution in [-0.4, -0.2) is 114 Å². The third kappa shape index (κ3) is 4.07. The van der Waals surface area contributed by atoms with Gasteiger partial charge in [-0.15, -0.1) is 0 Å². The number of thioether (sulfide) groups is 1. The molecule has 0 aliphatic heterocycles. The smallest absolute Gasteiger partial charge is 0.191 e. The van der Waals surface area contributed by atoms with E-state index in [-0.39, 0.29) is 44.6 Å². The number of rotatable bonds is 5. The summed E-state index contributed by atoms with van der Waals surface area (Å²) in [4.78, 5) is 25.5. The highest BCUT2D eigenvalue weighted by Gasteiger charge is 2.72. The van der Waals surface area contributed by atoms with Crippen LogP contribution in [0.2, 0.25) is 0 Å². The average molecular weight is 631 g/mol. The summed E-state index contributed by atoms with van der Waals surface area (Å²) in [6.07, 6.45) is 2.58. The van der Waals surface area contributed by atoms with Crippen molar-refractivity contribution in [2.24, 2.45) is 22.7 Å². The molecule has 16 nitrogen and oxygen atoms in total. The van der Waals surface area contributed by atoms with Crippen LogP contribution in [0.15, 0.2) is 17.8 Å². The molecule has 4 saturated carbocycles. The number of imidazole rings is 2. The predicted molar refractivity (Wildman–Crippen MR) is 160 cm³/mol. The lowest BCUT2D eigenvalue weighted by atomic mass is 10.0. The molecular formula is C27H38N10O6S. The number of nitrogens with zero attached hydrogens (tertiary/aromatic N) is 8. The molecule has 4 aromatic heterocycles. The molecule has 8 rings (SSSR count). The normalized spacial score (nSPS) is 36.5. The van der Waals surface area contributed by atoms with E-state index in [0.717, 1.165) is 0 Å². The molecule has 4 aliphatic carbocycles. The number of aryl methyl sites for hydroxylation is 1. The summed E-state index contributed by atoms with van der Waals surface area (Å²) in [6, 6.07) is -0.720. The Balaban J connectivity index is 0.000000153. The quantitative estimate of drug-likeness (QED) is 0.0974. The molecule has 0 aromatic carbocycles. The molecule has 238 valence electrons. The van der Waals surface area contributed by atoms with Gasteiger partial charge in [0.1, 0.15) is 29.1 Å². The lowest BCUT2D eigenvalue weighted by Gasteiger charge is -2.23. The Labute approximate surface area is 256 Å². The summed E-state index contributed by atoms with van der Waals surface area (Å²) in [6.45, 7) is 1.48. The number of nitrogens with two attached hydrogens (primary N) is 2. The fourth-order valence-electron chi connectivity index (χ4n) is 7.60. The van der Waals surface area contributed by atoms with Crippen molar-refractivity contribution in [3.8, 4) is 0 Å². The first-order valence-corrected chi connectivity index (χ1v) is 15.2. The summed E-state index contributed by atoms with van der Waals surface area (Å²) in [7, 11) is 0. The topological polar surface area (TPSA) is 261 Å². The van der Waals surface area contributed by atoms with Crippen molar-refractivity contribution in [2.45, 2.75) is 68.8 Å². The first kappa shape index (κ1) is 30.8. The molecule has 4 fully saturated rings. The van der Waals surface area contributed by atoms with Gasteiger partial charge in [0.2, 0.25) is 0 Å². The van der Waals surface area contributed by atoms with E-state index in [1.54, 1.807) is 28.7 Å². The molecule has 0 saturated heterocycles. The van der Waals surface area contributed by atoms with Crippen molar-refractivity contribution in [2.75, 3.05) is 30.9 Å². The summed E-state index contributed by atoms with van der Waals surface area (Å²) in [5.41, 5.74) is 12.7. The number of aliphatic hydroxyl groups excluding tert-OH is 6. The van der Waals surface area contributed by atoms with E-state index in [2.05, 4.69) is 29.9 Å². The van der Waals surface area contributed by atoms with Gasteiger partial charge in [0.25, 0.3) is 0 Å². The number of hydrogen-bond acceptors (Lipinski definition) is 15. The third-order valence-corrected chi connectivity index (χ3v) is 10.7. The van der Waals surface area contributed by atoms with E-state index in [4.69, 9.17) is 11.5 Å². The third-order valence-electron chi connectivity index (χ3n) is 10.1. The Hall–Kier alpha value is -3.19. The van der Waals surface area contributed by atoms with Crippen molar-refractivity contribution < 1.29 is 30.6 Å². The lowest BCUT2D eigenvalue weighted by molar-refractivity contribution is -0.0301. The second-order valence-corrected chi connectivity index (χ2v) is 12.9. The highest BCUT2D eigenvalue weighted by atomic mass is 32.2. The van der Waals surface area contributed by atoms with Gasteiger partial charge in [0, 0.05) is 10.8 Å². The van der Waals surface area contributed by atoms with E-state index in [9.17, 15) is 30.6 Å². The van der Waals surface area contributed by atoms with Crippen molar-refractivity contribution in [3.05, 3.63) is 18.5 Å². The van der Waals surface area contributed by atoms with Crippen molar-refractivity contribution in [1.82, 2.24) is 39.0 Å². The van der Waals surface area contributed by atoms with E-state index < -0.39 is 35.2 Å². The molecule has 0 bridgehead atoms. The van der Waals surface area contributed by atoms with Gasteiger partial charge in [-0.3, -0.25) is 0 Å². The summed E-state index contributed by atoms with van der Waals surface area (Å²) in [5.74, 6) is 1.15. The van der Waals surface area contributed by atoms with Gasteiger partial charge in [-0.05, 0) is 37.9 Å². The number of aliphatic hydroxyl groups is 6. The average Bonchev–Trinajstić information content (AvgIpc) is 3.73. The van der Waals surface area contributed by atoms with E-state index in [1.165, 1.54) is 11.8 Å². The van der Waals surface area contributed by atoms with E-state index in [0.29, 0.717) is 57.8 Å². The summed E-state index contributed by atoms with van der Waals surface area (Å²) < 4.78 is 3.51. The lowest BCUT2D eigenvalue weighted by Crippen LogP contribution is -2.35. The maximum Gasteiger partial charge on any atom is 0.191 e. The highest BCUT2D eigenvalue weighted by Crippen LogP contribution is 2.68. The van der Waals surface area contributed by atoms with Gasteiger partial charge < -0.3 is 51.2 Å². The maximum atomic E-state index is 10.4. The van der Waals surface area contributed by atoms with Crippen LogP contribution in [0.4, 0.5) is 11.6 Å². The Bertz CT molecular complexity index is 1740. The molecule has 4 aromatic rings. The Kier molecular flexibility index (Phi) is 7.31. The van der Waals surface area contributed by atoms with Gasteiger partial charge in [-0.2, -0.15) is 0 Å². The molecule has 0 radical (unpaired) electrons. The van der Waals surface area contributed by atoms with Gasteiger partial charge >= 0.3 is 0 Å². The standard InChI is InChI=1S/C13H17N5O3S.C13H17N5O3.CH4/c1-22-12-16-10(14)6-11(17-12)18(4-15-6)7-5-2-13(5,3-19)9(21)8(7)20;1-5-16-11(14)7-12(17-5)18(4-15-7)8-6-2-13(6,3-19)10(21)9(8)20;/h4-5,7-9,19-21H,2-3H2,1H3,(H2,14,16,17);4,6,8-10,19-21H,2-3H2,1H3,(H2,14,16,17);1H4/t5-,7-,8+,9+,13+;6-,8-,9+,10+,13+;/m11./s1. The molecule has 10 N–H and O–H groups in total. The van der Waals surface area contributed by atoms with Gasteiger partial charge in [-0.25, -0.2) is 29.9 Å². The number of nitrogen functional groups attached to an aromatic ring is 2. The zero-order chi connectivity index (χ0) is 30.6. The zero-order valence-electron chi connectivity index (χ0n) is 23.4. The molecule has 10 atom stereocenters. The second kappa shape index (κ2) is 10.4. The van der Waals surface area contributed by atoms with Crippen LogP contribution >= 0.6 is 11.8 Å². The molecule has 4 heterocycles. The van der Waals surface area contributed by atoms with Crippen molar-refractivity contribution in [1.29, 1.82) is 0 Å². The molecular weight excluding hydrogens is 592 g/mol. The Morgan fingerprint density at radius 2 is 1.25 bits per heavy atom. The largest absolute Gasteiger partial charge is 0.396 e. The number of fused-ring (bicyclic) bond motifs is 4. The summed E-state index contributed by atoms with van der Waals surface area (Å²) >= 11 is 1.37. The number of aromatic nitrogens is 8. The minimum atomic E-state index is -0.961. The zero-order valence-corrected chi connectivity index (χ0v) is 24.2.